The molecule has 2 heterocycles. The molecule has 0 aromatic heterocycles. The maximum absolute atomic E-state index is 13.5. The molecular formula is C32H42N2O6. The summed E-state index contributed by atoms with van der Waals surface area (Å²) in [6.07, 6.45) is 4.58. The van der Waals surface area contributed by atoms with Gasteiger partial charge in [0.25, 0.3) is 11.7 Å². The van der Waals surface area contributed by atoms with E-state index < -0.39 is 17.7 Å². The van der Waals surface area contributed by atoms with E-state index >= 15 is 0 Å². The van der Waals surface area contributed by atoms with Crippen LogP contribution in [0.1, 0.15) is 69.2 Å². The molecule has 0 radical (unpaired) electrons. The van der Waals surface area contributed by atoms with Crippen LogP contribution in [0.2, 0.25) is 0 Å². The van der Waals surface area contributed by atoms with Crippen molar-refractivity contribution in [3.8, 4) is 17.2 Å². The van der Waals surface area contributed by atoms with E-state index in [1.165, 1.54) is 0 Å². The third kappa shape index (κ3) is 6.44. The van der Waals surface area contributed by atoms with Crippen LogP contribution in [0.3, 0.4) is 0 Å². The zero-order chi connectivity index (χ0) is 28.8. The van der Waals surface area contributed by atoms with E-state index in [1.54, 1.807) is 11.0 Å². The maximum Gasteiger partial charge on any atom is 0.295 e. The quantitative estimate of drug-likeness (QED) is 0.156. The first-order valence-corrected chi connectivity index (χ1v) is 14.4. The van der Waals surface area contributed by atoms with Crippen molar-refractivity contribution in [2.45, 2.75) is 65.0 Å². The molecule has 2 aliphatic heterocycles. The highest BCUT2D eigenvalue weighted by atomic mass is 16.5. The summed E-state index contributed by atoms with van der Waals surface area (Å²) in [6.45, 7) is 8.19. The van der Waals surface area contributed by atoms with Crippen LogP contribution in [0.25, 0.3) is 5.76 Å². The lowest BCUT2D eigenvalue weighted by Gasteiger charge is -2.26. The normalized spacial score (nSPS) is 19.7. The molecule has 0 aliphatic carbocycles. The van der Waals surface area contributed by atoms with Crippen molar-refractivity contribution < 1.29 is 28.9 Å². The molecular weight excluding hydrogens is 508 g/mol. The van der Waals surface area contributed by atoms with Crippen molar-refractivity contribution in [3.63, 3.8) is 0 Å². The van der Waals surface area contributed by atoms with Crippen LogP contribution < -0.4 is 14.2 Å². The summed E-state index contributed by atoms with van der Waals surface area (Å²) < 4.78 is 17.7. The number of unbranched alkanes of at least 4 members (excludes halogenated alkanes) is 2. The van der Waals surface area contributed by atoms with Crippen LogP contribution in [0, 0.1) is 0 Å². The highest BCUT2D eigenvalue weighted by Crippen LogP contribution is 2.43. The molecule has 216 valence electrons. The Labute approximate surface area is 237 Å². The summed E-state index contributed by atoms with van der Waals surface area (Å²) >= 11 is 0. The second kappa shape index (κ2) is 13.2. The lowest BCUT2D eigenvalue weighted by Crippen LogP contribution is -2.32. The highest BCUT2D eigenvalue weighted by Gasteiger charge is 2.46. The van der Waals surface area contributed by atoms with Gasteiger partial charge in [-0.3, -0.25) is 9.59 Å². The molecule has 0 saturated carbocycles. The fourth-order valence-electron chi connectivity index (χ4n) is 5.36. The van der Waals surface area contributed by atoms with Gasteiger partial charge < -0.3 is 29.1 Å². The summed E-state index contributed by atoms with van der Waals surface area (Å²) in [5.74, 6) is 0.480. The summed E-state index contributed by atoms with van der Waals surface area (Å²) in [5.41, 5.74) is 2.24. The standard InChI is InChI=1S/C32H42N2O6/c1-6-8-9-17-39-26-14-11-22(20-27(26)38-7-2)29-28(31(36)32(37)34(29)16-10-15-33(4)5)30(35)23-12-13-25-24(19-23)18-21(3)40-25/h11-14,19-21,29,35H,6-10,15-18H2,1-5H3/b30-28+/t21-,29-/m1/s1. The number of hydrogen-bond donors (Lipinski definition) is 1. The van der Waals surface area contributed by atoms with Crippen LogP contribution in [-0.2, 0) is 16.0 Å². The van der Waals surface area contributed by atoms with Crippen molar-refractivity contribution in [2.24, 2.45) is 0 Å². The van der Waals surface area contributed by atoms with E-state index in [2.05, 4.69) is 6.92 Å². The molecule has 2 aliphatic rings. The topological polar surface area (TPSA) is 88.5 Å². The number of aliphatic hydroxyl groups excluding tert-OH is 1. The number of Topliss-reactive ketones (excluding diaryl/α,β-unsaturated/α-hetero) is 1. The first-order valence-electron chi connectivity index (χ1n) is 14.4. The Morgan fingerprint density at radius 3 is 2.58 bits per heavy atom. The van der Waals surface area contributed by atoms with Crippen molar-refractivity contribution in [1.29, 1.82) is 0 Å². The molecule has 8 nitrogen and oxygen atoms in total. The third-order valence-corrected chi connectivity index (χ3v) is 7.30. The number of fused-ring (bicyclic) bond motifs is 1. The van der Waals surface area contributed by atoms with Gasteiger partial charge in [-0.05, 0) is 88.8 Å². The number of rotatable bonds is 13. The first kappa shape index (κ1) is 29.5. The molecule has 1 amide bonds. The number of hydrogen-bond acceptors (Lipinski definition) is 7. The number of ether oxygens (including phenoxy) is 3. The predicted octanol–water partition coefficient (Wildman–Crippen LogP) is 5.35. The Bertz CT molecular complexity index is 1250. The molecule has 0 bridgehead atoms. The number of ketones is 1. The summed E-state index contributed by atoms with van der Waals surface area (Å²) in [7, 11) is 3.94. The van der Waals surface area contributed by atoms with Crippen molar-refractivity contribution in [2.75, 3.05) is 40.4 Å². The van der Waals surface area contributed by atoms with Crippen LogP contribution in [0.4, 0.5) is 0 Å². The number of benzene rings is 2. The summed E-state index contributed by atoms with van der Waals surface area (Å²) in [4.78, 5) is 30.5. The fraction of sp³-hybridized carbons (Fsp3) is 0.500. The molecule has 1 saturated heterocycles. The van der Waals surface area contributed by atoms with Gasteiger partial charge in [0.1, 0.15) is 17.6 Å². The smallest absolute Gasteiger partial charge is 0.295 e. The van der Waals surface area contributed by atoms with Crippen molar-refractivity contribution in [1.82, 2.24) is 9.80 Å². The molecule has 1 fully saturated rings. The Balaban J connectivity index is 1.76. The van der Waals surface area contributed by atoms with Crippen LogP contribution in [0.5, 0.6) is 17.2 Å². The van der Waals surface area contributed by atoms with E-state index in [4.69, 9.17) is 14.2 Å². The zero-order valence-corrected chi connectivity index (χ0v) is 24.4. The lowest BCUT2D eigenvalue weighted by atomic mass is 9.94. The van der Waals surface area contributed by atoms with E-state index in [1.807, 2.05) is 63.2 Å². The largest absolute Gasteiger partial charge is 0.507 e. The minimum atomic E-state index is -0.751. The Hall–Kier alpha value is -3.52. The van der Waals surface area contributed by atoms with Gasteiger partial charge in [0.2, 0.25) is 0 Å². The van der Waals surface area contributed by atoms with Crippen molar-refractivity contribution >= 4 is 17.4 Å². The summed E-state index contributed by atoms with van der Waals surface area (Å²) in [5, 5.41) is 11.5. The molecule has 2 aromatic carbocycles. The minimum Gasteiger partial charge on any atom is -0.507 e. The predicted molar refractivity (Wildman–Crippen MR) is 155 cm³/mol. The van der Waals surface area contributed by atoms with Gasteiger partial charge in [-0.25, -0.2) is 0 Å². The second-order valence-electron chi connectivity index (χ2n) is 10.8. The number of nitrogens with zero attached hydrogens (tertiary/aromatic N) is 2. The Kier molecular flexibility index (Phi) is 9.74. The average molecular weight is 551 g/mol. The van der Waals surface area contributed by atoms with Gasteiger partial charge in [0.05, 0.1) is 24.8 Å². The molecule has 8 heteroatoms. The van der Waals surface area contributed by atoms with E-state index in [9.17, 15) is 14.7 Å². The molecule has 2 aromatic rings. The van der Waals surface area contributed by atoms with Crippen LogP contribution >= 0.6 is 0 Å². The maximum atomic E-state index is 13.5. The monoisotopic (exact) mass is 550 g/mol. The van der Waals surface area contributed by atoms with Gasteiger partial charge in [0.15, 0.2) is 11.5 Å². The van der Waals surface area contributed by atoms with Gasteiger partial charge >= 0.3 is 0 Å². The number of carbonyl (C=O) groups excluding carboxylic acids is 2. The van der Waals surface area contributed by atoms with Gasteiger partial charge in [-0.15, -0.1) is 0 Å². The Morgan fingerprint density at radius 1 is 1.05 bits per heavy atom. The Morgan fingerprint density at radius 2 is 1.85 bits per heavy atom. The number of carbonyl (C=O) groups is 2. The van der Waals surface area contributed by atoms with Gasteiger partial charge in [0, 0.05) is 18.5 Å². The lowest BCUT2D eigenvalue weighted by molar-refractivity contribution is -0.139. The zero-order valence-electron chi connectivity index (χ0n) is 24.4. The molecule has 2 atom stereocenters. The van der Waals surface area contributed by atoms with Gasteiger partial charge in [-0.1, -0.05) is 25.8 Å². The molecule has 0 unspecified atom stereocenters. The van der Waals surface area contributed by atoms with E-state index in [-0.39, 0.29) is 17.4 Å². The molecule has 4 rings (SSSR count). The van der Waals surface area contributed by atoms with Gasteiger partial charge in [-0.2, -0.15) is 0 Å². The third-order valence-electron chi connectivity index (χ3n) is 7.30. The highest BCUT2D eigenvalue weighted by molar-refractivity contribution is 6.46. The van der Waals surface area contributed by atoms with Crippen LogP contribution in [-0.4, -0.2) is 73.1 Å². The molecule has 40 heavy (non-hydrogen) atoms. The van der Waals surface area contributed by atoms with E-state index in [0.717, 1.165) is 43.5 Å². The van der Waals surface area contributed by atoms with Crippen LogP contribution in [0.15, 0.2) is 42.0 Å². The molecule has 0 spiro atoms. The number of likely N-dealkylation sites (tertiary alicyclic amines) is 1. The minimum absolute atomic E-state index is 0.0503. The second-order valence-corrected chi connectivity index (χ2v) is 10.8. The summed E-state index contributed by atoms with van der Waals surface area (Å²) in [6, 6.07) is 10.2. The average Bonchev–Trinajstić information content (AvgIpc) is 3.42. The first-order chi connectivity index (χ1) is 19.2. The molecule has 1 N–H and O–H groups in total. The number of aliphatic hydroxyl groups is 1. The number of amides is 1. The van der Waals surface area contributed by atoms with E-state index in [0.29, 0.717) is 48.8 Å². The fourth-order valence-corrected chi connectivity index (χ4v) is 5.36. The van der Waals surface area contributed by atoms with Crippen molar-refractivity contribution in [3.05, 3.63) is 58.7 Å². The SMILES string of the molecule is CCCCCOc1ccc([C@@H]2/C(=C(\O)c3ccc4c(c3)C[C@@H](C)O4)C(=O)C(=O)N2CCCN(C)C)cc1OCC.